The molecule has 0 amide bonds. The predicted octanol–water partition coefficient (Wildman–Crippen LogP) is 2.83. The van der Waals surface area contributed by atoms with Crippen molar-refractivity contribution in [2.45, 2.75) is 64.4 Å². The number of thioether (sulfide) groups is 1. The van der Waals surface area contributed by atoms with Crippen LogP contribution in [0.2, 0.25) is 0 Å². The van der Waals surface area contributed by atoms with E-state index in [0.717, 1.165) is 36.4 Å². The molecule has 136 valence electrons. The van der Waals surface area contributed by atoms with Crippen LogP contribution in [0.15, 0.2) is 11.2 Å². The number of hydrogen-bond acceptors (Lipinski definition) is 6. The van der Waals surface area contributed by atoms with Gasteiger partial charge in [-0.25, -0.2) is 4.68 Å². The zero-order valence-electron chi connectivity index (χ0n) is 15.2. The van der Waals surface area contributed by atoms with Gasteiger partial charge in [0, 0.05) is 29.6 Å². The minimum Gasteiger partial charge on any atom is -0.376 e. The van der Waals surface area contributed by atoms with Gasteiger partial charge in [0.2, 0.25) is 5.16 Å². The monoisotopic (exact) mass is 363 g/mol. The minimum atomic E-state index is 0.108. The highest BCUT2D eigenvalue weighted by atomic mass is 32.2. The molecule has 0 unspecified atom stereocenters. The lowest BCUT2D eigenvalue weighted by molar-refractivity contribution is 0.0912. The first-order valence-electron chi connectivity index (χ1n) is 8.69. The highest BCUT2D eigenvalue weighted by molar-refractivity contribution is 7.99. The van der Waals surface area contributed by atoms with E-state index in [1.165, 1.54) is 11.8 Å². The second-order valence-corrected chi connectivity index (χ2v) is 7.68. The summed E-state index contributed by atoms with van der Waals surface area (Å²) in [5.74, 6) is 0.436. The molecule has 1 aliphatic heterocycles. The summed E-state index contributed by atoms with van der Waals surface area (Å²) in [6.45, 7) is 9.75. The van der Waals surface area contributed by atoms with Crippen LogP contribution in [0.4, 0.5) is 0 Å². The molecule has 3 rings (SSSR count). The first-order valence-corrected chi connectivity index (χ1v) is 9.68. The Morgan fingerprint density at radius 3 is 2.88 bits per heavy atom. The summed E-state index contributed by atoms with van der Waals surface area (Å²) in [4.78, 5) is 12.7. The van der Waals surface area contributed by atoms with Crippen molar-refractivity contribution in [3.8, 4) is 0 Å². The maximum Gasteiger partial charge on any atom is 0.209 e. The Morgan fingerprint density at radius 2 is 2.24 bits per heavy atom. The third-order valence-electron chi connectivity index (χ3n) is 4.53. The van der Waals surface area contributed by atoms with Gasteiger partial charge < -0.3 is 9.30 Å². The van der Waals surface area contributed by atoms with Gasteiger partial charge in [-0.2, -0.15) is 0 Å². The molecule has 2 aromatic rings. The number of carbonyl (C=O) groups excluding carboxylic acids is 1. The summed E-state index contributed by atoms with van der Waals surface area (Å²) in [5.41, 5.74) is 2.93. The van der Waals surface area contributed by atoms with Crippen molar-refractivity contribution in [1.82, 2.24) is 24.8 Å². The molecule has 1 aliphatic rings. The molecule has 0 aromatic carbocycles. The fraction of sp³-hybridized carbons (Fsp3) is 0.647. The molecular formula is C17H25N5O2S. The summed E-state index contributed by atoms with van der Waals surface area (Å²) in [7, 11) is 0. The first-order chi connectivity index (χ1) is 12.0. The minimum absolute atomic E-state index is 0.108. The standard InChI is InChI=1S/C17H25N5O2S/c1-11(2)22-12(3)8-15(13(22)4)16(23)10-25-17-18-19-20-21(17)9-14-6-5-7-24-14/h8,11,14H,5-7,9-10H2,1-4H3/t14-/m0/s1. The number of ether oxygens (including phenoxy) is 1. The molecule has 0 saturated carbocycles. The molecule has 0 bridgehead atoms. The van der Waals surface area contributed by atoms with Crippen LogP contribution in [0.1, 0.15) is 54.5 Å². The summed E-state index contributed by atoms with van der Waals surface area (Å²) in [5, 5.41) is 12.5. The topological polar surface area (TPSA) is 74.8 Å². The van der Waals surface area contributed by atoms with E-state index >= 15 is 0 Å². The van der Waals surface area contributed by atoms with Gasteiger partial charge in [-0.15, -0.1) is 5.10 Å². The molecule has 1 atom stereocenters. The van der Waals surface area contributed by atoms with Gasteiger partial charge in [0.15, 0.2) is 5.78 Å². The predicted molar refractivity (Wildman–Crippen MR) is 96.1 cm³/mol. The number of Topliss-reactive ketones (excluding diaryl/α,β-unsaturated/α-hetero) is 1. The van der Waals surface area contributed by atoms with E-state index in [0.29, 0.717) is 23.5 Å². The van der Waals surface area contributed by atoms with E-state index in [4.69, 9.17) is 4.74 Å². The number of rotatable bonds is 7. The molecule has 0 N–H and O–H groups in total. The van der Waals surface area contributed by atoms with E-state index in [-0.39, 0.29) is 11.9 Å². The fourth-order valence-electron chi connectivity index (χ4n) is 3.46. The second kappa shape index (κ2) is 7.70. The highest BCUT2D eigenvalue weighted by Gasteiger charge is 2.21. The van der Waals surface area contributed by atoms with Crippen molar-refractivity contribution >= 4 is 17.5 Å². The largest absolute Gasteiger partial charge is 0.376 e. The van der Waals surface area contributed by atoms with Crippen LogP contribution in [0.25, 0.3) is 0 Å². The Kier molecular flexibility index (Phi) is 5.58. The lowest BCUT2D eigenvalue weighted by atomic mass is 10.2. The Bertz CT molecular complexity index is 746. The second-order valence-electron chi connectivity index (χ2n) is 6.74. The molecule has 2 aromatic heterocycles. The van der Waals surface area contributed by atoms with Gasteiger partial charge in [-0.1, -0.05) is 11.8 Å². The van der Waals surface area contributed by atoms with Crippen molar-refractivity contribution in [2.75, 3.05) is 12.4 Å². The lowest BCUT2D eigenvalue weighted by Crippen LogP contribution is -2.17. The molecular weight excluding hydrogens is 338 g/mol. The van der Waals surface area contributed by atoms with Gasteiger partial charge >= 0.3 is 0 Å². The highest BCUT2D eigenvalue weighted by Crippen LogP contribution is 2.24. The Balaban J connectivity index is 1.65. The third kappa shape index (κ3) is 3.95. The first kappa shape index (κ1) is 18.1. The van der Waals surface area contributed by atoms with Gasteiger partial charge in [0.05, 0.1) is 18.4 Å². The number of aromatic nitrogens is 5. The fourth-order valence-corrected chi connectivity index (χ4v) is 4.23. The molecule has 3 heterocycles. The zero-order chi connectivity index (χ0) is 18.0. The van der Waals surface area contributed by atoms with E-state index in [2.05, 4.69) is 33.9 Å². The Hall–Kier alpha value is -1.67. The van der Waals surface area contributed by atoms with Crippen molar-refractivity contribution in [3.05, 3.63) is 23.0 Å². The van der Waals surface area contributed by atoms with Crippen LogP contribution in [0.5, 0.6) is 0 Å². The van der Waals surface area contributed by atoms with Crippen molar-refractivity contribution in [1.29, 1.82) is 0 Å². The molecule has 0 radical (unpaired) electrons. The van der Waals surface area contributed by atoms with Crippen LogP contribution < -0.4 is 0 Å². The quantitative estimate of drug-likeness (QED) is 0.556. The molecule has 1 saturated heterocycles. The molecule has 8 heteroatoms. The van der Waals surface area contributed by atoms with Crippen LogP contribution in [-0.2, 0) is 11.3 Å². The number of tetrazole rings is 1. The normalized spacial score (nSPS) is 17.6. The van der Waals surface area contributed by atoms with Gasteiger partial charge in [0.25, 0.3) is 0 Å². The number of nitrogens with zero attached hydrogens (tertiary/aromatic N) is 5. The summed E-state index contributed by atoms with van der Waals surface area (Å²) < 4.78 is 9.57. The third-order valence-corrected chi connectivity index (χ3v) is 5.49. The van der Waals surface area contributed by atoms with Crippen LogP contribution in [-0.4, -0.2) is 49.0 Å². The van der Waals surface area contributed by atoms with Crippen LogP contribution >= 0.6 is 11.8 Å². The van der Waals surface area contributed by atoms with E-state index < -0.39 is 0 Å². The molecule has 0 aliphatic carbocycles. The SMILES string of the molecule is Cc1cc(C(=O)CSc2nnnn2C[C@@H]2CCCO2)c(C)n1C(C)C. The lowest BCUT2D eigenvalue weighted by Gasteiger charge is -2.13. The number of carbonyl (C=O) groups is 1. The van der Waals surface area contributed by atoms with Gasteiger partial charge in [-0.05, 0) is 57.0 Å². The van der Waals surface area contributed by atoms with Gasteiger partial charge in [0.1, 0.15) is 0 Å². The van der Waals surface area contributed by atoms with Crippen molar-refractivity contribution in [3.63, 3.8) is 0 Å². The van der Waals surface area contributed by atoms with Crippen molar-refractivity contribution < 1.29 is 9.53 Å². The maximum atomic E-state index is 12.7. The number of hydrogen-bond donors (Lipinski definition) is 0. The smallest absolute Gasteiger partial charge is 0.209 e. The average molecular weight is 363 g/mol. The number of ketones is 1. The Morgan fingerprint density at radius 1 is 1.44 bits per heavy atom. The van der Waals surface area contributed by atoms with Crippen LogP contribution in [0, 0.1) is 13.8 Å². The van der Waals surface area contributed by atoms with Gasteiger partial charge in [-0.3, -0.25) is 4.79 Å². The maximum absolute atomic E-state index is 12.7. The Labute approximate surface area is 152 Å². The van der Waals surface area contributed by atoms with Crippen molar-refractivity contribution in [2.24, 2.45) is 0 Å². The summed E-state index contributed by atoms with van der Waals surface area (Å²) >= 11 is 1.38. The summed E-state index contributed by atoms with van der Waals surface area (Å²) in [6, 6.07) is 2.32. The van der Waals surface area contributed by atoms with E-state index in [1.807, 2.05) is 19.9 Å². The molecule has 0 spiro atoms. The van der Waals surface area contributed by atoms with Crippen LogP contribution in [0.3, 0.4) is 0 Å². The number of aryl methyl sites for hydroxylation is 1. The van der Waals surface area contributed by atoms with E-state index in [9.17, 15) is 4.79 Å². The molecule has 7 nitrogen and oxygen atoms in total. The summed E-state index contributed by atoms with van der Waals surface area (Å²) in [6.07, 6.45) is 2.28. The molecule has 1 fully saturated rings. The molecule has 25 heavy (non-hydrogen) atoms. The van der Waals surface area contributed by atoms with E-state index in [1.54, 1.807) is 4.68 Å². The zero-order valence-corrected chi connectivity index (χ0v) is 16.0. The average Bonchev–Trinajstić information content (AvgIpc) is 3.27.